The first-order valence-corrected chi connectivity index (χ1v) is 14.9. The summed E-state index contributed by atoms with van der Waals surface area (Å²) in [4.78, 5) is 32.8. The fourth-order valence-corrected chi connectivity index (χ4v) is 6.26. The molecular formula is C31H28Cl2N2O6S. The van der Waals surface area contributed by atoms with E-state index in [1.54, 1.807) is 68.6 Å². The number of thiazole rings is 1. The van der Waals surface area contributed by atoms with Crippen LogP contribution in [0.3, 0.4) is 0 Å². The standard InChI is InChI=1S/C31H28Cl2N2O6S/c1-5-8-22-26(30(37)40-6-2)28(20-15-17(38-3)11-13-23(20)39-4)35-29(36)25(42-31(35)34-22)16-18-12-14-24(41-18)19-9-7-10-21(32)27(19)33/h7,9-16,28H,5-6,8H2,1-4H3/b25-16-/t28-/m0/s1. The van der Waals surface area contributed by atoms with Crippen LogP contribution in [0.2, 0.25) is 10.0 Å². The molecule has 0 amide bonds. The van der Waals surface area contributed by atoms with Gasteiger partial charge in [-0.05, 0) is 55.8 Å². The van der Waals surface area contributed by atoms with E-state index in [0.29, 0.717) is 71.2 Å². The molecule has 0 spiro atoms. The van der Waals surface area contributed by atoms with E-state index in [1.807, 2.05) is 6.92 Å². The zero-order valence-corrected chi connectivity index (χ0v) is 25.7. The fourth-order valence-electron chi connectivity index (χ4n) is 4.87. The minimum Gasteiger partial charge on any atom is -0.497 e. The largest absolute Gasteiger partial charge is 0.497 e. The SMILES string of the molecule is CCCC1=C(C(=O)OCC)[C@H](c2cc(OC)ccc2OC)n2c(s/c(=C\c3ccc(-c4cccc(Cl)c4Cl)o3)c2=O)=N1. The number of fused-ring (bicyclic) bond motifs is 1. The molecule has 1 aliphatic rings. The van der Waals surface area contributed by atoms with E-state index in [2.05, 4.69) is 0 Å². The van der Waals surface area contributed by atoms with Gasteiger partial charge in [-0.2, -0.15) is 0 Å². The highest BCUT2D eigenvalue weighted by molar-refractivity contribution is 7.07. The van der Waals surface area contributed by atoms with Crippen LogP contribution in [0.15, 0.2) is 74.0 Å². The highest BCUT2D eigenvalue weighted by Gasteiger charge is 2.36. The number of hydrogen-bond donors (Lipinski definition) is 0. The lowest BCUT2D eigenvalue weighted by Crippen LogP contribution is -2.40. The van der Waals surface area contributed by atoms with Crippen LogP contribution < -0.4 is 24.4 Å². The van der Waals surface area contributed by atoms with Gasteiger partial charge in [0.15, 0.2) is 4.80 Å². The maximum absolute atomic E-state index is 14.1. The van der Waals surface area contributed by atoms with Crippen LogP contribution in [-0.4, -0.2) is 31.4 Å². The van der Waals surface area contributed by atoms with E-state index in [-0.39, 0.29) is 12.2 Å². The van der Waals surface area contributed by atoms with Gasteiger partial charge >= 0.3 is 5.97 Å². The van der Waals surface area contributed by atoms with Gasteiger partial charge in [0.1, 0.15) is 29.1 Å². The summed E-state index contributed by atoms with van der Waals surface area (Å²) in [5.74, 6) is 1.45. The van der Waals surface area contributed by atoms with Crippen LogP contribution >= 0.6 is 34.5 Å². The predicted molar refractivity (Wildman–Crippen MR) is 163 cm³/mol. The summed E-state index contributed by atoms with van der Waals surface area (Å²) in [5, 5.41) is 0.787. The Morgan fingerprint density at radius 3 is 2.64 bits per heavy atom. The smallest absolute Gasteiger partial charge is 0.338 e. The molecule has 2 aromatic carbocycles. The molecule has 4 aromatic rings. The molecular weight excluding hydrogens is 599 g/mol. The minimum atomic E-state index is -0.855. The van der Waals surface area contributed by atoms with E-state index < -0.39 is 12.0 Å². The summed E-state index contributed by atoms with van der Waals surface area (Å²) < 4.78 is 24.6. The number of nitrogens with zero attached hydrogens (tertiary/aromatic N) is 2. The van der Waals surface area contributed by atoms with Crippen molar-refractivity contribution in [2.45, 2.75) is 32.7 Å². The maximum Gasteiger partial charge on any atom is 0.338 e. The first kappa shape index (κ1) is 29.7. The molecule has 0 bridgehead atoms. The molecule has 11 heteroatoms. The number of rotatable bonds is 9. The van der Waals surface area contributed by atoms with Gasteiger partial charge in [-0.3, -0.25) is 9.36 Å². The number of carbonyl (C=O) groups is 1. The van der Waals surface area contributed by atoms with E-state index in [1.165, 1.54) is 23.0 Å². The number of carbonyl (C=O) groups excluding carboxylic acids is 1. The Balaban J connectivity index is 1.73. The number of ether oxygens (including phenoxy) is 3. The summed E-state index contributed by atoms with van der Waals surface area (Å²) in [6, 6.07) is 13.2. The molecule has 3 heterocycles. The van der Waals surface area contributed by atoms with Crippen molar-refractivity contribution in [3.05, 3.63) is 101 Å². The predicted octanol–water partition coefficient (Wildman–Crippen LogP) is 6.16. The zero-order chi connectivity index (χ0) is 30.0. The topological polar surface area (TPSA) is 92.3 Å². The number of aromatic nitrogens is 1. The van der Waals surface area contributed by atoms with E-state index in [0.717, 1.165) is 6.42 Å². The molecule has 1 atom stereocenters. The first-order chi connectivity index (χ1) is 20.3. The second-order valence-electron chi connectivity index (χ2n) is 9.32. The van der Waals surface area contributed by atoms with Crippen molar-refractivity contribution < 1.29 is 23.4 Å². The quantitative estimate of drug-likeness (QED) is 0.207. The number of furan rings is 1. The van der Waals surface area contributed by atoms with Gasteiger partial charge in [0.05, 0.1) is 46.7 Å². The van der Waals surface area contributed by atoms with Crippen LogP contribution in [0.5, 0.6) is 11.5 Å². The normalized spacial score (nSPS) is 14.9. The lowest BCUT2D eigenvalue weighted by Gasteiger charge is -2.27. The summed E-state index contributed by atoms with van der Waals surface area (Å²) in [5.41, 5.74) is 1.73. The molecule has 0 aliphatic carbocycles. The summed E-state index contributed by atoms with van der Waals surface area (Å²) in [7, 11) is 3.09. The molecule has 5 rings (SSSR count). The van der Waals surface area contributed by atoms with E-state index >= 15 is 0 Å². The molecule has 0 saturated carbocycles. The molecule has 8 nitrogen and oxygen atoms in total. The van der Waals surface area contributed by atoms with Crippen molar-refractivity contribution in [1.29, 1.82) is 0 Å². The highest BCUT2D eigenvalue weighted by Crippen LogP contribution is 2.39. The van der Waals surface area contributed by atoms with Gasteiger partial charge in [-0.1, -0.05) is 53.9 Å². The highest BCUT2D eigenvalue weighted by atomic mass is 35.5. The van der Waals surface area contributed by atoms with Gasteiger partial charge in [-0.25, -0.2) is 9.79 Å². The average Bonchev–Trinajstić information content (AvgIpc) is 3.57. The molecule has 0 N–H and O–H groups in total. The van der Waals surface area contributed by atoms with Gasteiger partial charge in [-0.15, -0.1) is 0 Å². The van der Waals surface area contributed by atoms with Crippen LogP contribution in [0.1, 0.15) is 44.1 Å². The summed E-state index contributed by atoms with van der Waals surface area (Å²) in [6.07, 6.45) is 2.91. The Morgan fingerprint density at radius 1 is 1.12 bits per heavy atom. The molecule has 2 aromatic heterocycles. The maximum atomic E-state index is 14.1. The van der Waals surface area contributed by atoms with Gasteiger partial charge in [0.2, 0.25) is 0 Å². The number of esters is 1. The van der Waals surface area contributed by atoms with Crippen LogP contribution in [0, 0.1) is 0 Å². The zero-order valence-electron chi connectivity index (χ0n) is 23.4. The lowest BCUT2D eigenvalue weighted by molar-refractivity contribution is -0.139. The van der Waals surface area contributed by atoms with Crippen LogP contribution in [0.4, 0.5) is 0 Å². The monoisotopic (exact) mass is 626 g/mol. The van der Waals surface area contributed by atoms with Crippen LogP contribution in [-0.2, 0) is 9.53 Å². The molecule has 218 valence electrons. The Hall–Kier alpha value is -3.79. The minimum absolute atomic E-state index is 0.172. The second kappa shape index (κ2) is 12.6. The summed E-state index contributed by atoms with van der Waals surface area (Å²) in [6.45, 7) is 3.91. The van der Waals surface area contributed by atoms with Crippen molar-refractivity contribution in [1.82, 2.24) is 4.57 Å². The van der Waals surface area contributed by atoms with Crippen LogP contribution in [0.25, 0.3) is 17.4 Å². The van der Waals surface area contributed by atoms with Crippen molar-refractivity contribution in [2.24, 2.45) is 4.99 Å². The van der Waals surface area contributed by atoms with Gasteiger partial charge < -0.3 is 18.6 Å². The summed E-state index contributed by atoms with van der Waals surface area (Å²) >= 11 is 13.8. The van der Waals surface area contributed by atoms with Gasteiger partial charge in [0, 0.05) is 17.2 Å². The van der Waals surface area contributed by atoms with Gasteiger partial charge in [0.25, 0.3) is 5.56 Å². The number of hydrogen-bond acceptors (Lipinski definition) is 8. The third-order valence-corrected chi connectivity index (χ3v) is 8.54. The van der Waals surface area contributed by atoms with Crippen molar-refractivity contribution in [2.75, 3.05) is 20.8 Å². The molecule has 0 fully saturated rings. The third-order valence-electron chi connectivity index (χ3n) is 6.74. The third kappa shape index (κ3) is 5.52. The Labute approximate surface area is 256 Å². The van der Waals surface area contributed by atoms with Crippen molar-refractivity contribution in [3.8, 4) is 22.8 Å². The molecule has 1 aliphatic heterocycles. The molecule has 0 radical (unpaired) electrons. The Kier molecular flexibility index (Phi) is 8.91. The number of methoxy groups -OCH3 is 2. The number of allylic oxidation sites excluding steroid dienone is 1. The molecule has 0 saturated heterocycles. The number of benzene rings is 2. The van der Waals surface area contributed by atoms with Crippen molar-refractivity contribution in [3.63, 3.8) is 0 Å². The average molecular weight is 628 g/mol. The Bertz CT molecular complexity index is 1870. The van der Waals surface area contributed by atoms with E-state index in [9.17, 15) is 9.59 Å². The molecule has 0 unspecified atom stereocenters. The van der Waals surface area contributed by atoms with E-state index in [4.69, 9.17) is 46.8 Å². The Morgan fingerprint density at radius 2 is 1.93 bits per heavy atom. The first-order valence-electron chi connectivity index (χ1n) is 13.3. The second-order valence-corrected chi connectivity index (χ2v) is 11.1. The van der Waals surface area contributed by atoms with Crippen molar-refractivity contribution >= 4 is 46.6 Å². The lowest BCUT2D eigenvalue weighted by atomic mass is 9.93. The number of halogens is 2. The molecule has 42 heavy (non-hydrogen) atoms. The fraction of sp³-hybridized carbons (Fsp3) is 0.258.